The summed E-state index contributed by atoms with van der Waals surface area (Å²) in [6, 6.07) is 2.23. The van der Waals surface area contributed by atoms with E-state index in [4.69, 9.17) is 5.11 Å². The van der Waals surface area contributed by atoms with Crippen molar-refractivity contribution in [3.63, 3.8) is 0 Å². The summed E-state index contributed by atoms with van der Waals surface area (Å²) in [5.41, 5.74) is 2.51. The highest BCUT2D eigenvalue weighted by atomic mass is 16.4. The van der Waals surface area contributed by atoms with Crippen LogP contribution in [0.3, 0.4) is 0 Å². The van der Waals surface area contributed by atoms with Crippen LogP contribution in [0, 0.1) is 0 Å². The second kappa shape index (κ2) is 3.47. The molecule has 0 bridgehead atoms. The third-order valence-electron chi connectivity index (χ3n) is 3.20. The molecule has 2 N–H and O–H groups in total. The van der Waals surface area contributed by atoms with Gasteiger partial charge >= 0.3 is 5.97 Å². The van der Waals surface area contributed by atoms with Crippen LogP contribution in [0.2, 0.25) is 0 Å². The number of nitrogens with one attached hydrogen (secondary N) is 1. The summed E-state index contributed by atoms with van der Waals surface area (Å²) in [5, 5.41) is 12.4. The molecular formula is C12H14N2O2. The summed E-state index contributed by atoms with van der Waals surface area (Å²) in [6.07, 6.45) is 5.28. The van der Waals surface area contributed by atoms with Gasteiger partial charge in [0.1, 0.15) is 11.4 Å². The number of aryl methyl sites for hydroxylation is 2. The Morgan fingerprint density at radius 2 is 2.25 bits per heavy atom. The molecule has 0 unspecified atom stereocenters. The number of pyridine rings is 1. The van der Waals surface area contributed by atoms with Crippen molar-refractivity contribution in [1.29, 1.82) is 0 Å². The minimum Gasteiger partial charge on any atom is -0.478 e. The van der Waals surface area contributed by atoms with Crippen LogP contribution in [-0.4, -0.2) is 22.1 Å². The van der Waals surface area contributed by atoms with Crippen molar-refractivity contribution >= 4 is 11.8 Å². The lowest BCUT2D eigenvalue weighted by Gasteiger charge is -2.10. The molecule has 0 saturated heterocycles. The molecule has 0 aromatic carbocycles. The lowest BCUT2D eigenvalue weighted by molar-refractivity contribution is 0.0697. The van der Waals surface area contributed by atoms with Crippen molar-refractivity contribution in [2.24, 2.45) is 0 Å². The SMILES string of the molecule is O=C(O)c1cc2c(nc1NC1CC1)CCC2. The van der Waals surface area contributed by atoms with Gasteiger partial charge in [-0.25, -0.2) is 9.78 Å². The maximum Gasteiger partial charge on any atom is 0.339 e. The number of anilines is 1. The molecule has 4 nitrogen and oxygen atoms in total. The molecule has 0 spiro atoms. The minimum atomic E-state index is -0.884. The van der Waals surface area contributed by atoms with Crippen molar-refractivity contribution in [3.05, 3.63) is 22.9 Å². The van der Waals surface area contributed by atoms with Gasteiger partial charge in [0.15, 0.2) is 0 Å². The molecule has 0 atom stereocenters. The molecule has 2 aliphatic carbocycles. The average Bonchev–Trinajstić information content (AvgIpc) is 2.94. The first kappa shape index (κ1) is 9.63. The molecular weight excluding hydrogens is 204 g/mol. The Hall–Kier alpha value is -1.58. The molecule has 1 aromatic rings. The van der Waals surface area contributed by atoms with Crippen LogP contribution in [0.5, 0.6) is 0 Å². The normalized spacial score (nSPS) is 18.2. The number of fused-ring (bicyclic) bond motifs is 1. The van der Waals surface area contributed by atoms with E-state index in [-0.39, 0.29) is 0 Å². The molecule has 0 radical (unpaired) electrons. The number of carboxylic acids is 1. The average molecular weight is 218 g/mol. The van der Waals surface area contributed by atoms with E-state index in [1.807, 2.05) is 0 Å². The van der Waals surface area contributed by atoms with Crippen LogP contribution < -0.4 is 5.32 Å². The summed E-state index contributed by atoms with van der Waals surface area (Å²) in [7, 11) is 0. The van der Waals surface area contributed by atoms with Gasteiger partial charge in [0.05, 0.1) is 0 Å². The van der Waals surface area contributed by atoms with E-state index in [2.05, 4.69) is 10.3 Å². The molecule has 4 heteroatoms. The van der Waals surface area contributed by atoms with Crippen LogP contribution in [0.25, 0.3) is 0 Å². The lowest BCUT2D eigenvalue weighted by Crippen LogP contribution is -2.11. The van der Waals surface area contributed by atoms with E-state index in [0.29, 0.717) is 17.4 Å². The third kappa shape index (κ3) is 1.64. The van der Waals surface area contributed by atoms with E-state index in [1.165, 1.54) is 0 Å². The topological polar surface area (TPSA) is 62.2 Å². The molecule has 1 saturated carbocycles. The first-order valence-electron chi connectivity index (χ1n) is 5.76. The Morgan fingerprint density at radius 1 is 1.44 bits per heavy atom. The monoisotopic (exact) mass is 218 g/mol. The summed E-state index contributed by atoms with van der Waals surface area (Å²) in [6.45, 7) is 0. The van der Waals surface area contributed by atoms with E-state index in [1.54, 1.807) is 6.07 Å². The van der Waals surface area contributed by atoms with Gasteiger partial charge in [-0.1, -0.05) is 0 Å². The zero-order chi connectivity index (χ0) is 11.1. The van der Waals surface area contributed by atoms with E-state index in [9.17, 15) is 4.79 Å². The Balaban J connectivity index is 2.01. The maximum atomic E-state index is 11.1. The minimum absolute atomic E-state index is 0.326. The number of hydrogen-bond donors (Lipinski definition) is 2. The number of carboxylic acid groups (broad SMARTS) is 1. The van der Waals surface area contributed by atoms with E-state index >= 15 is 0 Å². The summed E-state index contributed by atoms with van der Waals surface area (Å²) < 4.78 is 0. The van der Waals surface area contributed by atoms with Crippen LogP contribution in [-0.2, 0) is 12.8 Å². The van der Waals surface area contributed by atoms with Crippen LogP contribution in [0.1, 0.15) is 40.9 Å². The second-order valence-corrected chi connectivity index (χ2v) is 4.57. The Labute approximate surface area is 93.7 Å². The fourth-order valence-electron chi connectivity index (χ4n) is 2.17. The largest absolute Gasteiger partial charge is 0.478 e. The molecule has 1 aromatic heterocycles. The summed E-state index contributed by atoms with van der Waals surface area (Å²) >= 11 is 0. The predicted molar refractivity (Wildman–Crippen MR) is 59.9 cm³/mol. The molecule has 0 aliphatic heterocycles. The lowest BCUT2D eigenvalue weighted by atomic mass is 10.1. The summed E-state index contributed by atoms with van der Waals surface area (Å²) in [5.74, 6) is -0.319. The van der Waals surface area contributed by atoms with Gasteiger partial charge in [-0.05, 0) is 43.7 Å². The zero-order valence-corrected chi connectivity index (χ0v) is 8.99. The van der Waals surface area contributed by atoms with E-state index in [0.717, 1.165) is 43.4 Å². The Kier molecular flexibility index (Phi) is 2.09. The fraction of sp³-hybridized carbons (Fsp3) is 0.500. The smallest absolute Gasteiger partial charge is 0.339 e. The van der Waals surface area contributed by atoms with Crippen molar-refractivity contribution in [2.45, 2.75) is 38.1 Å². The van der Waals surface area contributed by atoms with Gasteiger partial charge in [0, 0.05) is 11.7 Å². The van der Waals surface area contributed by atoms with Gasteiger partial charge in [-0.3, -0.25) is 0 Å². The van der Waals surface area contributed by atoms with Crippen LogP contribution >= 0.6 is 0 Å². The van der Waals surface area contributed by atoms with Gasteiger partial charge < -0.3 is 10.4 Å². The molecule has 1 fully saturated rings. The van der Waals surface area contributed by atoms with Gasteiger partial charge in [-0.2, -0.15) is 0 Å². The predicted octanol–water partition coefficient (Wildman–Crippen LogP) is 1.84. The number of nitrogens with zero attached hydrogens (tertiary/aromatic N) is 1. The number of aromatic nitrogens is 1. The number of carbonyl (C=O) groups is 1. The standard InChI is InChI=1S/C12H14N2O2/c15-12(16)9-6-7-2-1-3-10(7)14-11(9)13-8-4-5-8/h6,8H,1-5H2,(H,13,14)(H,15,16). The highest BCUT2D eigenvalue weighted by Gasteiger charge is 2.26. The second-order valence-electron chi connectivity index (χ2n) is 4.57. The van der Waals surface area contributed by atoms with E-state index < -0.39 is 5.97 Å². The van der Waals surface area contributed by atoms with Gasteiger partial charge in [0.2, 0.25) is 0 Å². The third-order valence-corrected chi connectivity index (χ3v) is 3.20. The molecule has 2 aliphatic rings. The van der Waals surface area contributed by atoms with Crippen molar-refractivity contribution in [1.82, 2.24) is 4.98 Å². The number of hydrogen-bond acceptors (Lipinski definition) is 3. The zero-order valence-electron chi connectivity index (χ0n) is 8.99. The fourth-order valence-corrected chi connectivity index (χ4v) is 2.17. The summed E-state index contributed by atoms with van der Waals surface area (Å²) in [4.78, 5) is 15.6. The Bertz CT molecular complexity index is 453. The van der Waals surface area contributed by atoms with Crippen LogP contribution in [0.15, 0.2) is 6.07 Å². The molecule has 1 heterocycles. The quantitative estimate of drug-likeness (QED) is 0.812. The highest BCUT2D eigenvalue weighted by Crippen LogP contribution is 2.29. The maximum absolute atomic E-state index is 11.1. The highest BCUT2D eigenvalue weighted by molar-refractivity contribution is 5.93. The number of rotatable bonds is 3. The Morgan fingerprint density at radius 3 is 2.94 bits per heavy atom. The first-order chi connectivity index (χ1) is 7.74. The first-order valence-corrected chi connectivity index (χ1v) is 5.76. The molecule has 3 rings (SSSR count). The molecule has 16 heavy (non-hydrogen) atoms. The van der Waals surface area contributed by atoms with Crippen molar-refractivity contribution in [3.8, 4) is 0 Å². The van der Waals surface area contributed by atoms with Gasteiger partial charge in [-0.15, -0.1) is 0 Å². The van der Waals surface area contributed by atoms with Crippen LogP contribution in [0.4, 0.5) is 5.82 Å². The van der Waals surface area contributed by atoms with Crippen molar-refractivity contribution in [2.75, 3.05) is 5.32 Å². The van der Waals surface area contributed by atoms with Gasteiger partial charge in [0.25, 0.3) is 0 Å². The number of aromatic carboxylic acids is 1. The molecule has 0 amide bonds. The van der Waals surface area contributed by atoms with Crippen molar-refractivity contribution < 1.29 is 9.90 Å². The molecule has 84 valence electrons.